The third-order valence-electron chi connectivity index (χ3n) is 2.69. The Labute approximate surface area is 116 Å². The monoisotopic (exact) mass is 272 g/mol. The van der Waals surface area contributed by atoms with Crippen LogP contribution in [0.25, 0.3) is 0 Å². The first-order valence-corrected chi connectivity index (χ1v) is 6.88. The van der Waals surface area contributed by atoms with Crippen molar-refractivity contribution in [1.82, 2.24) is 10.6 Å². The molecule has 0 aromatic carbocycles. The van der Waals surface area contributed by atoms with Gasteiger partial charge >= 0.3 is 5.97 Å². The summed E-state index contributed by atoms with van der Waals surface area (Å²) in [6, 6.07) is -0.205. The van der Waals surface area contributed by atoms with Gasteiger partial charge in [-0.2, -0.15) is 0 Å². The SMILES string of the molecule is CCNC(C)CC(=O)NC(CC(=O)O)CC(C)(C)C. The van der Waals surface area contributed by atoms with E-state index in [0.717, 1.165) is 6.54 Å². The lowest BCUT2D eigenvalue weighted by Gasteiger charge is -2.26. The molecule has 0 rings (SSSR count). The van der Waals surface area contributed by atoms with Gasteiger partial charge in [-0.25, -0.2) is 0 Å². The minimum Gasteiger partial charge on any atom is -0.481 e. The molecule has 1 amide bonds. The van der Waals surface area contributed by atoms with Crippen molar-refractivity contribution < 1.29 is 14.7 Å². The Kier molecular flexibility index (Phi) is 7.68. The van der Waals surface area contributed by atoms with E-state index in [1.807, 2.05) is 34.6 Å². The van der Waals surface area contributed by atoms with Gasteiger partial charge in [0.25, 0.3) is 0 Å². The molecule has 0 aliphatic heterocycles. The maximum absolute atomic E-state index is 11.9. The van der Waals surface area contributed by atoms with E-state index in [1.54, 1.807) is 0 Å². The molecular weight excluding hydrogens is 244 g/mol. The third-order valence-corrected chi connectivity index (χ3v) is 2.69. The van der Waals surface area contributed by atoms with Gasteiger partial charge in [0.1, 0.15) is 0 Å². The summed E-state index contributed by atoms with van der Waals surface area (Å²) in [4.78, 5) is 22.7. The van der Waals surface area contributed by atoms with Crippen molar-refractivity contribution in [2.75, 3.05) is 6.54 Å². The molecule has 0 radical (unpaired) electrons. The van der Waals surface area contributed by atoms with E-state index in [9.17, 15) is 9.59 Å². The van der Waals surface area contributed by atoms with Crippen molar-refractivity contribution in [3.8, 4) is 0 Å². The highest BCUT2D eigenvalue weighted by molar-refractivity contribution is 5.77. The second-order valence-electron chi connectivity index (χ2n) is 6.29. The smallest absolute Gasteiger partial charge is 0.305 e. The van der Waals surface area contributed by atoms with Crippen LogP contribution in [0.2, 0.25) is 0 Å². The average Bonchev–Trinajstić information content (AvgIpc) is 2.12. The van der Waals surface area contributed by atoms with E-state index < -0.39 is 5.97 Å². The number of nitrogens with one attached hydrogen (secondary N) is 2. The van der Waals surface area contributed by atoms with E-state index in [1.165, 1.54) is 0 Å². The second-order valence-corrected chi connectivity index (χ2v) is 6.29. The maximum atomic E-state index is 11.9. The van der Waals surface area contributed by atoms with Gasteiger partial charge in [-0.05, 0) is 25.3 Å². The highest BCUT2D eigenvalue weighted by Crippen LogP contribution is 2.22. The number of amides is 1. The number of carbonyl (C=O) groups is 2. The van der Waals surface area contributed by atoms with Crippen LogP contribution in [-0.2, 0) is 9.59 Å². The Morgan fingerprint density at radius 1 is 1.21 bits per heavy atom. The molecule has 2 unspecified atom stereocenters. The molecule has 0 heterocycles. The minimum atomic E-state index is -0.880. The molecule has 0 aromatic rings. The number of carboxylic acids is 1. The molecule has 112 valence electrons. The highest BCUT2D eigenvalue weighted by Gasteiger charge is 2.23. The van der Waals surface area contributed by atoms with E-state index in [2.05, 4.69) is 10.6 Å². The van der Waals surface area contributed by atoms with Crippen LogP contribution < -0.4 is 10.6 Å². The lowest BCUT2D eigenvalue weighted by molar-refractivity contribution is -0.137. The van der Waals surface area contributed by atoms with Gasteiger partial charge in [0.2, 0.25) is 5.91 Å². The lowest BCUT2D eigenvalue weighted by atomic mass is 9.87. The number of hydrogen-bond donors (Lipinski definition) is 3. The summed E-state index contributed by atoms with van der Waals surface area (Å²) in [6.45, 7) is 10.9. The zero-order chi connectivity index (χ0) is 15.1. The summed E-state index contributed by atoms with van der Waals surface area (Å²) in [5, 5.41) is 14.9. The van der Waals surface area contributed by atoms with E-state index >= 15 is 0 Å². The van der Waals surface area contributed by atoms with Crippen molar-refractivity contribution in [1.29, 1.82) is 0 Å². The summed E-state index contributed by atoms with van der Waals surface area (Å²) in [5.74, 6) is -0.974. The molecule has 19 heavy (non-hydrogen) atoms. The molecule has 0 saturated heterocycles. The molecule has 0 aliphatic carbocycles. The molecule has 0 aliphatic rings. The lowest BCUT2D eigenvalue weighted by Crippen LogP contribution is -2.41. The van der Waals surface area contributed by atoms with Crippen molar-refractivity contribution in [3.63, 3.8) is 0 Å². The Morgan fingerprint density at radius 2 is 1.79 bits per heavy atom. The quantitative estimate of drug-likeness (QED) is 0.629. The normalized spacial score (nSPS) is 14.8. The molecular formula is C14H28N2O3. The van der Waals surface area contributed by atoms with Crippen molar-refractivity contribution in [3.05, 3.63) is 0 Å². The van der Waals surface area contributed by atoms with Gasteiger partial charge in [-0.3, -0.25) is 9.59 Å². The number of hydrogen-bond acceptors (Lipinski definition) is 3. The zero-order valence-corrected chi connectivity index (χ0v) is 12.7. The fraction of sp³-hybridized carbons (Fsp3) is 0.857. The summed E-state index contributed by atoms with van der Waals surface area (Å²) in [7, 11) is 0. The van der Waals surface area contributed by atoms with Crippen LogP contribution in [0.15, 0.2) is 0 Å². The summed E-state index contributed by atoms with van der Waals surface area (Å²) >= 11 is 0. The number of carbonyl (C=O) groups excluding carboxylic acids is 1. The van der Waals surface area contributed by atoms with E-state index in [0.29, 0.717) is 12.8 Å². The van der Waals surface area contributed by atoms with Gasteiger partial charge < -0.3 is 15.7 Å². The van der Waals surface area contributed by atoms with Gasteiger partial charge in [0, 0.05) is 18.5 Å². The first-order chi connectivity index (χ1) is 8.64. The van der Waals surface area contributed by atoms with Crippen LogP contribution in [0.4, 0.5) is 0 Å². The fourth-order valence-electron chi connectivity index (χ4n) is 2.11. The molecule has 0 spiro atoms. The number of carboxylic acid groups (broad SMARTS) is 1. The molecule has 3 N–H and O–H groups in total. The van der Waals surface area contributed by atoms with Crippen molar-refractivity contribution >= 4 is 11.9 Å². The summed E-state index contributed by atoms with van der Waals surface area (Å²) in [5.41, 5.74) is -0.0132. The van der Waals surface area contributed by atoms with Crippen molar-refractivity contribution in [2.45, 2.75) is 66.0 Å². The van der Waals surface area contributed by atoms with Crippen LogP contribution in [0.1, 0.15) is 53.9 Å². The highest BCUT2D eigenvalue weighted by atomic mass is 16.4. The molecule has 2 atom stereocenters. The number of rotatable bonds is 8. The maximum Gasteiger partial charge on any atom is 0.305 e. The summed E-state index contributed by atoms with van der Waals surface area (Å²) < 4.78 is 0. The molecule has 0 saturated carbocycles. The summed E-state index contributed by atoms with van der Waals surface area (Å²) in [6.07, 6.45) is 0.993. The second kappa shape index (κ2) is 8.15. The topological polar surface area (TPSA) is 78.4 Å². The van der Waals surface area contributed by atoms with E-state index in [4.69, 9.17) is 5.11 Å². The Balaban J connectivity index is 4.38. The Morgan fingerprint density at radius 3 is 2.21 bits per heavy atom. The van der Waals surface area contributed by atoms with Crippen LogP contribution >= 0.6 is 0 Å². The van der Waals surface area contributed by atoms with Gasteiger partial charge in [-0.1, -0.05) is 27.7 Å². The van der Waals surface area contributed by atoms with Crippen LogP contribution in [0, 0.1) is 5.41 Å². The largest absolute Gasteiger partial charge is 0.481 e. The van der Waals surface area contributed by atoms with Gasteiger partial charge in [-0.15, -0.1) is 0 Å². The predicted octanol–water partition coefficient (Wildman–Crippen LogP) is 1.77. The van der Waals surface area contributed by atoms with Crippen LogP contribution in [-0.4, -0.2) is 35.6 Å². The predicted molar refractivity (Wildman–Crippen MR) is 76.0 cm³/mol. The van der Waals surface area contributed by atoms with Gasteiger partial charge in [0.15, 0.2) is 0 Å². The zero-order valence-electron chi connectivity index (χ0n) is 12.7. The third kappa shape index (κ3) is 10.5. The Bertz CT molecular complexity index is 298. The first-order valence-electron chi connectivity index (χ1n) is 6.88. The Hall–Kier alpha value is -1.10. The van der Waals surface area contributed by atoms with Gasteiger partial charge in [0.05, 0.1) is 6.42 Å². The fourth-order valence-corrected chi connectivity index (χ4v) is 2.11. The molecule has 0 bridgehead atoms. The molecule has 5 nitrogen and oxygen atoms in total. The molecule has 0 fully saturated rings. The molecule has 0 aromatic heterocycles. The average molecular weight is 272 g/mol. The standard InChI is InChI=1S/C14H28N2O3/c1-6-15-10(2)7-12(17)16-11(8-13(18)19)9-14(3,4)5/h10-11,15H,6-9H2,1-5H3,(H,16,17)(H,18,19). The first kappa shape index (κ1) is 17.9. The van der Waals surface area contributed by atoms with Crippen LogP contribution in [0.5, 0.6) is 0 Å². The van der Waals surface area contributed by atoms with E-state index in [-0.39, 0.29) is 29.8 Å². The minimum absolute atomic E-state index is 0.0132. The molecule has 5 heteroatoms. The van der Waals surface area contributed by atoms with Crippen LogP contribution in [0.3, 0.4) is 0 Å². The number of aliphatic carboxylic acids is 1. The van der Waals surface area contributed by atoms with Crippen molar-refractivity contribution in [2.24, 2.45) is 5.41 Å².